The number of hydrogen-bond acceptors (Lipinski definition) is 4. The topological polar surface area (TPSA) is 62.7 Å². The van der Waals surface area contributed by atoms with Gasteiger partial charge in [-0.05, 0) is 45.7 Å². The predicted octanol–water partition coefficient (Wildman–Crippen LogP) is 3.21. The smallest absolute Gasteiger partial charge is 0.410 e. The highest BCUT2D eigenvalue weighted by Crippen LogP contribution is 2.21. The third-order valence-electron chi connectivity index (χ3n) is 3.90. The predicted molar refractivity (Wildman–Crippen MR) is 92.2 cm³/mol. The van der Waals surface area contributed by atoms with E-state index in [0.29, 0.717) is 18.7 Å². The van der Waals surface area contributed by atoms with Crippen molar-refractivity contribution in [3.05, 3.63) is 29.0 Å². The van der Waals surface area contributed by atoms with E-state index in [4.69, 9.17) is 16.3 Å². The Kier molecular flexibility index (Phi) is 5.70. The lowest BCUT2D eigenvalue weighted by Crippen LogP contribution is -2.51. The van der Waals surface area contributed by atoms with Gasteiger partial charge in [-0.15, -0.1) is 0 Å². The Labute approximate surface area is 147 Å². The zero-order chi connectivity index (χ0) is 17.9. The monoisotopic (exact) mass is 353 g/mol. The van der Waals surface area contributed by atoms with Crippen LogP contribution in [0.2, 0.25) is 5.15 Å². The Morgan fingerprint density at radius 2 is 2.12 bits per heavy atom. The minimum atomic E-state index is -0.543. The second-order valence-corrected chi connectivity index (χ2v) is 7.34. The maximum Gasteiger partial charge on any atom is 0.410 e. The molecule has 24 heavy (non-hydrogen) atoms. The zero-order valence-electron chi connectivity index (χ0n) is 14.6. The Hall–Kier alpha value is -1.82. The molecule has 1 aliphatic rings. The number of rotatable bonds is 2. The first-order valence-electron chi connectivity index (χ1n) is 8.04. The second kappa shape index (κ2) is 7.38. The SMILES string of the molecule is CN(C(=O)OC(C)(C)C)[C@@H]1CCCN(C(=O)c2cccnc2Cl)C1. The largest absolute Gasteiger partial charge is 0.444 e. The highest BCUT2D eigenvalue weighted by molar-refractivity contribution is 6.32. The lowest BCUT2D eigenvalue weighted by atomic mass is 10.0. The number of amides is 2. The molecule has 132 valence electrons. The molecule has 1 aliphatic heterocycles. The van der Waals surface area contributed by atoms with Crippen LogP contribution in [0.25, 0.3) is 0 Å². The van der Waals surface area contributed by atoms with Gasteiger partial charge in [0, 0.05) is 26.3 Å². The van der Waals surface area contributed by atoms with Crippen LogP contribution >= 0.6 is 11.6 Å². The van der Waals surface area contributed by atoms with E-state index in [9.17, 15) is 9.59 Å². The minimum absolute atomic E-state index is 0.0759. The van der Waals surface area contributed by atoms with Gasteiger partial charge in [-0.1, -0.05) is 11.6 Å². The molecule has 0 N–H and O–H groups in total. The molecule has 2 rings (SSSR count). The van der Waals surface area contributed by atoms with Gasteiger partial charge in [-0.25, -0.2) is 9.78 Å². The number of likely N-dealkylation sites (N-methyl/N-ethyl adjacent to an activating group) is 1. The summed E-state index contributed by atoms with van der Waals surface area (Å²) in [6, 6.07) is 3.28. The average molecular weight is 354 g/mol. The molecule has 1 saturated heterocycles. The number of nitrogens with zero attached hydrogens (tertiary/aromatic N) is 3. The van der Waals surface area contributed by atoms with Gasteiger partial charge in [0.25, 0.3) is 5.91 Å². The van der Waals surface area contributed by atoms with Gasteiger partial charge in [-0.3, -0.25) is 4.79 Å². The third kappa shape index (κ3) is 4.60. The van der Waals surface area contributed by atoms with Crippen molar-refractivity contribution in [3.63, 3.8) is 0 Å². The number of carbonyl (C=O) groups excluding carboxylic acids is 2. The molecular formula is C17H24ClN3O3. The summed E-state index contributed by atoms with van der Waals surface area (Å²) in [4.78, 5) is 32.1. The van der Waals surface area contributed by atoms with Crippen molar-refractivity contribution in [2.24, 2.45) is 0 Å². The maximum absolute atomic E-state index is 12.7. The zero-order valence-corrected chi connectivity index (χ0v) is 15.3. The van der Waals surface area contributed by atoms with Crippen molar-refractivity contribution in [2.45, 2.75) is 45.3 Å². The van der Waals surface area contributed by atoms with Crippen LogP contribution in [0.5, 0.6) is 0 Å². The summed E-state index contributed by atoms with van der Waals surface area (Å²) in [5.74, 6) is -0.157. The summed E-state index contributed by atoms with van der Waals surface area (Å²) in [6.45, 7) is 6.60. The van der Waals surface area contributed by atoms with Crippen LogP contribution in [0, 0.1) is 0 Å². The first kappa shape index (κ1) is 18.5. The molecule has 6 nitrogen and oxygen atoms in total. The van der Waals surface area contributed by atoms with Crippen molar-refractivity contribution in [1.29, 1.82) is 0 Å². The van der Waals surface area contributed by atoms with Gasteiger partial charge >= 0.3 is 6.09 Å². The molecule has 0 aliphatic carbocycles. The van der Waals surface area contributed by atoms with E-state index in [0.717, 1.165) is 12.8 Å². The van der Waals surface area contributed by atoms with Crippen molar-refractivity contribution in [3.8, 4) is 0 Å². The van der Waals surface area contributed by atoms with Gasteiger partial charge < -0.3 is 14.5 Å². The highest BCUT2D eigenvalue weighted by Gasteiger charge is 2.31. The lowest BCUT2D eigenvalue weighted by Gasteiger charge is -2.38. The number of aromatic nitrogens is 1. The fraction of sp³-hybridized carbons (Fsp3) is 0.588. The van der Waals surface area contributed by atoms with Gasteiger partial charge in [-0.2, -0.15) is 0 Å². The first-order valence-corrected chi connectivity index (χ1v) is 8.42. The molecule has 0 saturated carbocycles. The average Bonchev–Trinajstić information content (AvgIpc) is 2.52. The summed E-state index contributed by atoms with van der Waals surface area (Å²) >= 11 is 6.02. The molecule has 1 fully saturated rings. The van der Waals surface area contributed by atoms with Gasteiger partial charge in [0.2, 0.25) is 0 Å². The molecule has 1 aromatic rings. The van der Waals surface area contributed by atoms with E-state index in [-0.39, 0.29) is 23.2 Å². The fourth-order valence-corrected chi connectivity index (χ4v) is 2.85. The minimum Gasteiger partial charge on any atom is -0.444 e. The highest BCUT2D eigenvalue weighted by atomic mass is 35.5. The molecule has 1 aromatic heterocycles. The van der Waals surface area contributed by atoms with Gasteiger partial charge in [0.1, 0.15) is 10.8 Å². The Morgan fingerprint density at radius 1 is 1.42 bits per heavy atom. The van der Waals surface area contributed by atoms with Crippen molar-refractivity contribution < 1.29 is 14.3 Å². The molecule has 0 radical (unpaired) electrons. The number of carbonyl (C=O) groups is 2. The van der Waals surface area contributed by atoms with E-state index in [2.05, 4.69) is 4.98 Å². The number of likely N-dealkylation sites (tertiary alicyclic amines) is 1. The maximum atomic E-state index is 12.7. The van der Waals surface area contributed by atoms with Crippen LogP contribution in [0.15, 0.2) is 18.3 Å². The first-order chi connectivity index (χ1) is 11.2. The molecule has 7 heteroatoms. The fourth-order valence-electron chi connectivity index (χ4n) is 2.65. The quantitative estimate of drug-likeness (QED) is 0.766. The lowest BCUT2D eigenvalue weighted by molar-refractivity contribution is 0.0131. The Morgan fingerprint density at radius 3 is 2.75 bits per heavy atom. The van der Waals surface area contributed by atoms with Crippen LogP contribution in [-0.4, -0.2) is 58.6 Å². The van der Waals surface area contributed by atoms with E-state index in [1.54, 1.807) is 35.2 Å². The van der Waals surface area contributed by atoms with Crippen LogP contribution in [-0.2, 0) is 4.74 Å². The van der Waals surface area contributed by atoms with Crippen LogP contribution < -0.4 is 0 Å². The molecule has 0 bridgehead atoms. The van der Waals surface area contributed by atoms with Crippen molar-refractivity contribution in [2.75, 3.05) is 20.1 Å². The van der Waals surface area contributed by atoms with E-state index >= 15 is 0 Å². The Bertz CT molecular complexity index is 615. The second-order valence-electron chi connectivity index (χ2n) is 6.98. The van der Waals surface area contributed by atoms with Crippen molar-refractivity contribution in [1.82, 2.24) is 14.8 Å². The van der Waals surface area contributed by atoms with E-state index in [1.807, 2.05) is 20.8 Å². The number of hydrogen-bond donors (Lipinski definition) is 0. The van der Waals surface area contributed by atoms with Gasteiger partial charge in [0.05, 0.1) is 11.6 Å². The van der Waals surface area contributed by atoms with E-state index < -0.39 is 5.60 Å². The molecule has 0 spiro atoms. The van der Waals surface area contributed by atoms with Gasteiger partial charge in [0.15, 0.2) is 0 Å². The van der Waals surface area contributed by atoms with Crippen molar-refractivity contribution >= 4 is 23.6 Å². The molecule has 0 aromatic carbocycles. The standard InChI is InChI=1S/C17H24ClN3O3/c1-17(2,3)24-16(23)20(4)12-7-6-10-21(11-12)15(22)13-8-5-9-19-14(13)18/h5,8-9,12H,6-7,10-11H2,1-4H3/t12-/m1/s1. The molecule has 1 atom stereocenters. The molecule has 2 heterocycles. The van der Waals surface area contributed by atoms with Crippen LogP contribution in [0.1, 0.15) is 44.0 Å². The summed E-state index contributed by atoms with van der Waals surface area (Å²) in [5, 5.41) is 0.199. The summed E-state index contributed by atoms with van der Waals surface area (Å²) in [6.07, 6.45) is 2.83. The number of pyridine rings is 1. The van der Waals surface area contributed by atoms with E-state index in [1.165, 1.54) is 0 Å². The number of piperidine rings is 1. The normalized spacial score (nSPS) is 18.2. The molecular weight excluding hydrogens is 330 g/mol. The summed E-state index contributed by atoms with van der Waals surface area (Å²) in [5.41, 5.74) is -0.154. The molecule has 0 unspecified atom stereocenters. The Balaban J connectivity index is 2.05. The van der Waals surface area contributed by atoms with Crippen LogP contribution in [0.3, 0.4) is 0 Å². The summed E-state index contributed by atoms with van der Waals surface area (Å²) in [7, 11) is 1.71. The number of halogens is 1. The molecule has 2 amide bonds. The summed E-state index contributed by atoms with van der Waals surface area (Å²) < 4.78 is 5.40. The van der Waals surface area contributed by atoms with Crippen LogP contribution in [0.4, 0.5) is 4.79 Å². The third-order valence-corrected chi connectivity index (χ3v) is 4.20. The number of ether oxygens (including phenoxy) is 1.